The zero-order chi connectivity index (χ0) is 14.2. The van der Waals surface area contributed by atoms with Crippen molar-refractivity contribution >= 4 is 33.4 Å². The van der Waals surface area contributed by atoms with Crippen molar-refractivity contribution in [3.63, 3.8) is 0 Å². The van der Waals surface area contributed by atoms with E-state index in [-0.39, 0.29) is 23.9 Å². The molecule has 0 aliphatic carbocycles. The second kappa shape index (κ2) is 5.07. The fourth-order valence-corrected chi connectivity index (χ4v) is 3.03. The van der Waals surface area contributed by atoms with E-state index < -0.39 is 27.8 Å². The number of aliphatic hydroxyl groups is 1. The van der Waals surface area contributed by atoms with Crippen LogP contribution in [0.15, 0.2) is 18.2 Å². The summed E-state index contributed by atoms with van der Waals surface area (Å²) in [6.07, 6.45) is -0.422. The van der Waals surface area contributed by atoms with Crippen LogP contribution in [0.3, 0.4) is 0 Å². The summed E-state index contributed by atoms with van der Waals surface area (Å²) in [5.74, 6) is -0.533. The molecule has 1 aromatic carbocycles. The van der Waals surface area contributed by atoms with E-state index in [2.05, 4.69) is 0 Å². The topological polar surface area (TPSA) is 74.7 Å². The standard InChI is InChI=1S/C11H11ClFNO4S/c12-9-3-1-2-7(6-15)11(9)14-5-8(4-10(14)16)19(13,17)18/h1-3,8,15H,4-6H2. The minimum absolute atomic E-state index is 0.205. The highest BCUT2D eigenvalue weighted by atomic mass is 35.5. The van der Waals surface area contributed by atoms with Crippen molar-refractivity contribution in [2.45, 2.75) is 18.3 Å². The van der Waals surface area contributed by atoms with Gasteiger partial charge < -0.3 is 10.0 Å². The molecule has 1 N–H and O–H groups in total. The van der Waals surface area contributed by atoms with Gasteiger partial charge in [-0.3, -0.25) is 4.79 Å². The molecule has 0 aromatic heterocycles. The summed E-state index contributed by atoms with van der Waals surface area (Å²) in [4.78, 5) is 12.9. The molecule has 104 valence electrons. The van der Waals surface area contributed by atoms with Crippen LogP contribution in [0.2, 0.25) is 5.02 Å². The second-order valence-electron chi connectivity index (χ2n) is 4.21. The molecule has 1 unspecified atom stereocenters. The molecular formula is C11H11ClFNO4S. The summed E-state index contributed by atoms with van der Waals surface area (Å²) < 4.78 is 34.7. The van der Waals surface area contributed by atoms with Gasteiger partial charge in [-0.1, -0.05) is 23.7 Å². The fraction of sp³-hybridized carbons (Fsp3) is 0.364. The Morgan fingerprint density at radius 3 is 2.68 bits per heavy atom. The molecule has 1 aliphatic rings. The minimum Gasteiger partial charge on any atom is -0.392 e. The maximum absolute atomic E-state index is 13.0. The lowest BCUT2D eigenvalue weighted by atomic mass is 10.1. The van der Waals surface area contributed by atoms with Crippen LogP contribution in [0.1, 0.15) is 12.0 Å². The van der Waals surface area contributed by atoms with Crippen molar-refractivity contribution in [1.82, 2.24) is 0 Å². The Balaban J connectivity index is 2.41. The molecule has 0 spiro atoms. The largest absolute Gasteiger partial charge is 0.392 e. The number of anilines is 1. The molecule has 1 fully saturated rings. The summed E-state index contributed by atoms with van der Waals surface area (Å²) in [5.41, 5.74) is 0.626. The van der Waals surface area contributed by atoms with E-state index >= 15 is 0 Å². The van der Waals surface area contributed by atoms with Crippen molar-refractivity contribution in [3.05, 3.63) is 28.8 Å². The zero-order valence-electron chi connectivity index (χ0n) is 9.71. The molecule has 8 heteroatoms. The highest BCUT2D eigenvalue weighted by Crippen LogP contribution is 2.34. The number of aliphatic hydroxyl groups excluding tert-OH is 1. The SMILES string of the molecule is O=C1CC(S(=O)(=O)F)CN1c1c(Cl)cccc1CO. The smallest absolute Gasteiger partial charge is 0.307 e. The van der Waals surface area contributed by atoms with E-state index in [1.165, 1.54) is 6.07 Å². The van der Waals surface area contributed by atoms with Crippen LogP contribution in [-0.4, -0.2) is 31.2 Å². The van der Waals surface area contributed by atoms with Crippen LogP contribution >= 0.6 is 11.6 Å². The summed E-state index contributed by atoms with van der Waals surface area (Å²) >= 11 is 5.97. The number of benzene rings is 1. The Morgan fingerprint density at radius 2 is 2.16 bits per heavy atom. The quantitative estimate of drug-likeness (QED) is 0.853. The van der Waals surface area contributed by atoms with E-state index in [1.807, 2.05) is 0 Å². The van der Waals surface area contributed by atoms with Gasteiger partial charge in [-0.05, 0) is 6.07 Å². The maximum Gasteiger partial charge on any atom is 0.307 e. The summed E-state index contributed by atoms with van der Waals surface area (Å²) in [6, 6.07) is 4.67. The molecule has 1 heterocycles. The molecule has 0 radical (unpaired) electrons. The molecule has 1 aliphatic heterocycles. The lowest BCUT2D eigenvalue weighted by Crippen LogP contribution is -2.28. The van der Waals surface area contributed by atoms with Gasteiger partial charge in [0.25, 0.3) is 0 Å². The highest BCUT2D eigenvalue weighted by molar-refractivity contribution is 7.87. The number of hydrogen-bond acceptors (Lipinski definition) is 4. The fourth-order valence-electron chi connectivity index (χ4n) is 2.07. The van der Waals surface area contributed by atoms with Gasteiger partial charge in [-0.25, -0.2) is 0 Å². The number of amides is 1. The van der Waals surface area contributed by atoms with Gasteiger partial charge >= 0.3 is 10.2 Å². The van der Waals surface area contributed by atoms with Crippen molar-refractivity contribution in [1.29, 1.82) is 0 Å². The lowest BCUT2D eigenvalue weighted by Gasteiger charge is -2.20. The first kappa shape index (κ1) is 14.2. The van der Waals surface area contributed by atoms with Crippen LogP contribution in [0, 0.1) is 0 Å². The minimum atomic E-state index is -4.78. The first-order valence-corrected chi connectivity index (χ1v) is 7.29. The summed E-state index contributed by atoms with van der Waals surface area (Å²) in [7, 11) is -4.78. The molecule has 1 atom stereocenters. The predicted molar refractivity (Wildman–Crippen MR) is 68.2 cm³/mol. The van der Waals surface area contributed by atoms with Crippen molar-refractivity contribution in [3.8, 4) is 0 Å². The Morgan fingerprint density at radius 1 is 1.47 bits per heavy atom. The van der Waals surface area contributed by atoms with Crippen molar-refractivity contribution < 1.29 is 22.2 Å². The van der Waals surface area contributed by atoms with Crippen LogP contribution in [0.5, 0.6) is 0 Å². The number of halogens is 2. The van der Waals surface area contributed by atoms with Crippen molar-refractivity contribution in [2.24, 2.45) is 0 Å². The molecule has 0 saturated carbocycles. The van der Waals surface area contributed by atoms with E-state index in [9.17, 15) is 22.2 Å². The molecule has 19 heavy (non-hydrogen) atoms. The van der Waals surface area contributed by atoms with E-state index in [1.54, 1.807) is 12.1 Å². The molecule has 1 amide bonds. The van der Waals surface area contributed by atoms with Crippen molar-refractivity contribution in [2.75, 3.05) is 11.4 Å². The van der Waals surface area contributed by atoms with Crippen LogP contribution < -0.4 is 4.90 Å². The average molecular weight is 308 g/mol. The maximum atomic E-state index is 13.0. The van der Waals surface area contributed by atoms with E-state index in [4.69, 9.17) is 11.6 Å². The van der Waals surface area contributed by atoms with Crippen LogP contribution in [-0.2, 0) is 21.6 Å². The number of carbonyl (C=O) groups is 1. The Kier molecular flexibility index (Phi) is 3.80. The normalized spacial score (nSPS) is 20.1. The first-order valence-electron chi connectivity index (χ1n) is 5.46. The highest BCUT2D eigenvalue weighted by Gasteiger charge is 2.40. The predicted octanol–water partition coefficient (Wildman–Crippen LogP) is 1.24. The molecule has 2 rings (SSSR count). The van der Waals surface area contributed by atoms with E-state index in [0.717, 1.165) is 4.90 Å². The third-order valence-corrected chi connectivity index (χ3v) is 4.42. The van der Waals surface area contributed by atoms with Gasteiger partial charge in [0.15, 0.2) is 0 Å². The number of hydrogen-bond donors (Lipinski definition) is 1. The Labute approximate surface area is 114 Å². The van der Waals surface area contributed by atoms with Gasteiger partial charge in [0, 0.05) is 18.5 Å². The molecule has 0 bridgehead atoms. The Bertz CT molecular complexity index is 619. The monoisotopic (exact) mass is 307 g/mol. The van der Waals surface area contributed by atoms with Gasteiger partial charge in [0.05, 0.1) is 17.3 Å². The first-order chi connectivity index (χ1) is 8.84. The zero-order valence-corrected chi connectivity index (χ0v) is 11.3. The van der Waals surface area contributed by atoms with Crippen LogP contribution in [0.4, 0.5) is 9.57 Å². The molecule has 1 aromatic rings. The number of nitrogens with zero attached hydrogens (tertiary/aromatic N) is 1. The Hall–Kier alpha value is -1.18. The number of carbonyl (C=O) groups excluding carboxylic acids is 1. The molecule has 1 saturated heterocycles. The van der Waals surface area contributed by atoms with Crippen LogP contribution in [0.25, 0.3) is 0 Å². The third kappa shape index (κ3) is 2.72. The number of rotatable bonds is 3. The van der Waals surface area contributed by atoms with Gasteiger partial charge in [0.2, 0.25) is 5.91 Å². The average Bonchev–Trinajstić information content (AvgIpc) is 2.70. The summed E-state index contributed by atoms with van der Waals surface area (Å²) in [5, 5.41) is 8.05. The van der Waals surface area contributed by atoms with Gasteiger partial charge in [-0.15, -0.1) is 3.89 Å². The molecule has 5 nitrogen and oxygen atoms in total. The molecular weight excluding hydrogens is 297 g/mol. The van der Waals surface area contributed by atoms with Gasteiger partial charge in [0.1, 0.15) is 5.25 Å². The van der Waals surface area contributed by atoms with Gasteiger partial charge in [-0.2, -0.15) is 8.42 Å². The van der Waals surface area contributed by atoms with E-state index in [0.29, 0.717) is 5.56 Å². The lowest BCUT2D eigenvalue weighted by molar-refractivity contribution is -0.117. The summed E-state index contributed by atoms with van der Waals surface area (Å²) in [6.45, 7) is -0.652. The number of para-hydroxylation sites is 1. The third-order valence-electron chi connectivity index (χ3n) is 3.00. The second-order valence-corrected chi connectivity index (χ2v) is 6.24.